The van der Waals surface area contributed by atoms with Gasteiger partial charge in [0.05, 0.1) is 17.8 Å². The second kappa shape index (κ2) is 17.5. The van der Waals surface area contributed by atoms with Crippen molar-refractivity contribution in [3.63, 3.8) is 0 Å². The van der Waals surface area contributed by atoms with Crippen molar-refractivity contribution in [3.05, 3.63) is 116 Å². The van der Waals surface area contributed by atoms with E-state index >= 15 is 0 Å². The Morgan fingerprint density at radius 3 is 2.39 bits per heavy atom. The molecule has 1 heterocycles. The molecular weight excluding hydrogens is 635 g/mol. The number of benzene rings is 1. The van der Waals surface area contributed by atoms with Crippen LogP contribution in [0.15, 0.2) is 99.0 Å². The van der Waals surface area contributed by atoms with Crippen molar-refractivity contribution in [1.82, 2.24) is 9.62 Å². The molecule has 4 rings (SSSR count). The number of nitrogens with zero attached hydrogens (tertiary/aromatic N) is 1. The van der Waals surface area contributed by atoms with Gasteiger partial charge in [0, 0.05) is 30.0 Å². The van der Waals surface area contributed by atoms with Crippen LogP contribution in [0.3, 0.4) is 0 Å². The van der Waals surface area contributed by atoms with Gasteiger partial charge in [0.15, 0.2) is 0 Å². The smallest absolute Gasteiger partial charge is 0.258 e. The first kappa shape index (κ1) is 40.0. The Morgan fingerprint density at radius 1 is 1.12 bits per heavy atom. The molecule has 0 unspecified atom stereocenters. The van der Waals surface area contributed by atoms with Crippen LogP contribution < -0.4 is 5.32 Å². The molecule has 1 N–H and O–H groups in total. The van der Waals surface area contributed by atoms with Crippen LogP contribution in [0.2, 0.25) is 0 Å². The summed E-state index contributed by atoms with van der Waals surface area (Å²) in [4.78, 5) is 24.2. The first-order valence-electron chi connectivity index (χ1n) is 17.4. The number of aldehydes is 1. The maximum Gasteiger partial charge on any atom is 0.258 e. The van der Waals surface area contributed by atoms with E-state index in [1.807, 2.05) is 30.6 Å². The highest BCUT2D eigenvalue weighted by Crippen LogP contribution is 2.44. The molecule has 0 fully saturated rings. The van der Waals surface area contributed by atoms with E-state index in [4.69, 9.17) is 0 Å². The summed E-state index contributed by atoms with van der Waals surface area (Å²) in [5.41, 5.74) is 10.5. The minimum Gasteiger partial charge on any atom is -0.322 e. The number of halogens is 2. The molecule has 0 aromatic heterocycles. The monoisotopic (exact) mass is 690 g/mol. The lowest BCUT2D eigenvalue weighted by molar-refractivity contribution is -0.107. The molecule has 0 radical (unpaired) electrons. The van der Waals surface area contributed by atoms with Gasteiger partial charge in [-0.2, -0.15) is 0 Å². The van der Waals surface area contributed by atoms with E-state index in [2.05, 4.69) is 78.0 Å². The summed E-state index contributed by atoms with van der Waals surface area (Å²) in [6, 6.07) is 2.94. The summed E-state index contributed by atoms with van der Waals surface area (Å²) < 4.78 is 30.0. The van der Waals surface area contributed by atoms with Gasteiger partial charge in [0.1, 0.15) is 17.9 Å². The van der Waals surface area contributed by atoms with Crippen LogP contribution >= 0.6 is 11.9 Å². The summed E-state index contributed by atoms with van der Waals surface area (Å²) in [6.45, 7) is 20.7. The molecule has 0 atom stereocenters. The van der Waals surface area contributed by atoms with Crippen molar-refractivity contribution < 1.29 is 18.4 Å². The molecule has 3 aliphatic rings. The van der Waals surface area contributed by atoms with E-state index in [-0.39, 0.29) is 5.56 Å². The van der Waals surface area contributed by atoms with Crippen LogP contribution in [0.1, 0.15) is 118 Å². The highest BCUT2D eigenvalue weighted by molar-refractivity contribution is 7.96. The van der Waals surface area contributed by atoms with Gasteiger partial charge in [0.2, 0.25) is 0 Å². The molecule has 2 aliphatic carbocycles. The fraction of sp³-hybridized carbons (Fsp3) is 0.476. The van der Waals surface area contributed by atoms with E-state index in [0.717, 1.165) is 65.7 Å². The summed E-state index contributed by atoms with van der Waals surface area (Å²) in [6.07, 6.45) is 20.0. The van der Waals surface area contributed by atoms with Crippen molar-refractivity contribution >= 4 is 24.1 Å². The number of amides is 1. The van der Waals surface area contributed by atoms with E-state index in [1.165, 1.54) is 29.6 Å². The molecule has 1 amide bonds. The Morgan fingerprint density at radius 2 is 1.84 bits per heavy atom. The van der Waals surface area contributed by atoms with Crippen molar-refractivity contribution in [2.75, 3.05) is 12.8 Å². The van der Waals surface area contributed by atoms with E-state index in [9.17, 15) is 18.4 Å². The Kier molecular flexibility index (Phi) is 14.3. The molecule has 49 heavy (non-hydrogen) atoms. The third-order valence-corrected chi connectivity index (χ3v) is 10.1. The van der Waals surface area contributed by atoms with Crippen LogP contribution in [-0.4, -0.2) is 29.3 Å². The molecule has 1 aromatic carbocycles. The Hall–Kier alpha value is -3.45. The highest BCUT2D eigenvalue weighted by atomic mass is 32.2. The zero-order valence-corrected chi connectivity index (χ0v) is 32.1. The predicted molar refractivity (Wildman–Crippen MR) is 203 cm³/mol. The number of carbonyl (C=O) groups excluding carboxylic acids is 2. The van der Waals surface area contributed by atoms with Crippen LogP contribution in [-0.2, 0) is 4.79 Å². The van der Waals surface area contributed by atoms with Gasteiger partial charge in [-0.3, -0.25) is 4.79 Å². The van der Waals surface area contributed by atoms with Crippen molar-refractivity contribution in [3.8, 4) is 0 Å². The second-order valence-electron chi connectivity index (χ2n) is 15.2. The van der Waals surface area contributed by atoms with Crippen LogP contribution in [0.25, 0.3) is 0 Å². The van der Waals surface area contributed by atoms with Gasteiger partial charge in [-0.15, -0.1) is 0 Å². The van der Waals surface area contributed by atoms with Gasteiger partial charge in [0.25, 0.3) is 5.91 Å². The van der Waals surface area contributed by atoms with Crippen LogP contribution in [0.5, 0.6) is 0 Å². The molecule has 0 saturated heterocycles. The predicted octanol–water partition coefficient (Wildman–Crippen LogP) is 11.5. The third kappa shape index (κ3) is 11.0. The SMILES string of the molecule is CCCC(C)(C)C.CSN1CC2=C(CC=CC(NC(=O)c3ccc(F)cc3F)=C2)C(C(/C)=C(\C)C2=CCC(C)(C)CC2)=C1/C(C)=C/CC=O. The van der Waals surface area contributed by atoms with Crippen molar-refractivity contribution in [1.29, 1.82) is 0 Å². The molecule has 4 nitrogen and oxygen atoms in total. The normalized spacial score (nSPS) is 18.4. The number of allylic oxidation sites excluding steroid dienone is 10. The number of hydrogen-bond donors (Lipinski definition) is 1. The molecule has 0 saturated carbocycles. The van der Waals surface area contributed by atoms with Gasteiger partial charge < -0.3 is 14.4 Å². The van der Waals surface area contributed by atoms with E-state index < -0.39 is 17.5 Å². The number of nitrogens with one attached hydrogen (secondary N) is 1. The number of hydrogen-bond acceptors (Lipinski definition) is 4. The lowest BCUT2D eigenvalue weighted by Gasteiger charge is -2.36. The Bertz CT molecular complexity index is 1630. The van der Waals surface area contributed by atoms with Crippen molar-refractivity contribution in [2.24, 2.45) is 10.8 Å². The molecule has 7 heteroatoms. The lowest BCUT2D eigenvalue weighted by Crippen LogP contribution is -2.27. The van der Waals surface area contributed by atoms with E-state index in [1.54, 1.807) is 11.9 Å². The summed E-state index contributed by atoms with van der Waals surface area (Å²) in [5, 5.41) is 2.82. The average molecular weight is 691 g/mol. The highest BCUT2D eigenvalue weighted by Gasteiger charge is 2.30. The minimum absolute atomic E-state index is 0.212. The van der Waals surface area contributed by atoms with Crippen molar-refractivity contribution in [2.45, 2.75) is 107 Å². The number of carbonyl (C=O) groups is 2. The third-order valence-electron chi connectivity index (χ3n) is 9.38. The summed E-state index contributed by atoms with van der Waals surface area (Å²) in [7, 11) is 0. The number of rotatable bonds is 9. The molecular formula is C42H56F2N2O2S. The largest absolute Gasteiger partial charge is 0.322 e. The summed E-state index contributed by atoms with van der Waals surface area (Å²) >= 11 is 1.61. The van der Waals surface area contributed by atoms with Gasteiger partial charge >= 0.3 is 0 Å². The Balaban J connectivity index is 0.000000838. The zero-order valence-electron chi connectivity index (χ0n) is 31.3. The summed E-state index contributed by atoms with van der Waals surface area (Å²) in [5.74, 6) is -2.26. The minimum atomic E-state index is -0.902. The topological polar surface area (TPSA) is 49.4 Å². The maximum absolute atomic E-state index is 14.3. The first-order valence-corrected chi connectivity index (χ1v) is 18.6. The molecule has 266 valence electrons. The zero-order chi connectivity index (χ0) is 36.5. The van der Waals surface area contributed by atoms with Gasteiger partial charge in [-0.05, 0) is 121 Å². The maximum atomic E-state index is 14.3. The molecule has 1 aliphatic heterocycles. The quantitative estimate of drug-likeness (QED) is 0.207. The lowest BCUT2D eigenvalue weighted by atomic mass is 9.75. The molecule has 1 aromatic rings. The molecule has 0 bridgehead atoms. The van der Waals surface area contributed by atoms with Gasteiger partial charge in [-0.1, -0.05) is 78.1 Å². The van der Waals surface area contributed by atoms with Gasteiger partial charge in [-0.25, -0.2) is 8.78 Å². The second-order valence-corrected chi connectivity index (χ2v) is 16.0. The fourth-order valence-corrected chi connectivity index (χ4v) is 7.17. The van der Waals surface area contributed by atoms with E-state index in [0.29, 0.717) is 42.0 Å². The molecule has 0 spiro atoms. The first-order chi connectivity index (χ1) is 23.0. The average Bonchev–Trinajstić information content (AvgIpc) is 3.23. The standard InChI is InChI=1S/C35H40F2N2O2S.C7H16/c1-22(9-8-18-40)33-32(24(3)23(2)25-14-16-35(4,5)17-15-25)29-11-7-10-28(19-26(29)21-39(33)42-6)38-34(41)30-13-12-27(36)20-31(30)37;1-5-6-7(2,3)4/h7,9-10,12-14,18-20H,8,11,15-17,21H2,1-6H3,(H,38,41);5-6H2,1-4H3/b22-9+,24-23+;. The fourth-order valence-electron chi connectivity index (χ4n) is 6.48. The van der Waals surface area contributed by atoms with Crippen LogP contribution in [0, 0.1) is 22.5 Å². The Labute approximate surface area is 298 Å². The van der Waals surface area contributed by atoms with Crippen LogP contribution in [0.4, 0.5) is 8.78 Å².